The van der Waals surface area contributed by atoms with E-state index in [1.54, 1.807) is 14.2 Å². The second-order valence-electron chi connectivity index (χ2n) is 6.94. The number of benzene rings is 1. The molecule has 29 heavy (non-hydrogen) atoms. The van der Waals surface area contributed by atoms with Crippen molar-refractivity contribution in [2.45, 2.75) is 38.3 Å². The van der Waals surface area contributed by atoms with Crippen LogP contribution in [0.15, 0.2) is 30.7 Å². The van der Waals surface area contributed by atoms with Gasteiger partial charge in [-0.3, -0.25) is 9.89 Å². The van der Waals surface area contributed by atoms with E-state index >= 15 is 0 Å². The molecule has 1 saturated carbocycles. The molecule has 1 aliphatic rings. The van der Waals surface area contributed by atoms with Crippen molar-refractivity contribution in [3.8, 4) is 17.3 Å². The van der Waals surface area contributed by atoms with E-state index < -0.39 is 0 Å². The summed E-state index contributed by atoms with van der Waals surface area (Å²) in [6.07, 6.45) is 7.09. The molecule has 1 aliphatic carbocycles. The highest BCUT2D eigenvalue weighted by atomic mass is 16.5. The van der Waals surface area contributed by atoms with E-state index in [-0.39, 0.29) is 11.9 Å². The number of nitrogens with one attached hydrogen (secondary N) is 1. The zero-order valence-corrected chi connectivity index (χ0v) is 16.4. The van der Waals surface area contributed by atoms with Gasteiger partial charge in [-0.25, -0.2) is 0 Å². The Morgan fingerprint density at radius 1 is 1.28 bits per heavy atom. The van der Waals surface area contributed by atoms with Gasteiger partial charge >= 0.3 is 0 Å². The third kappa shape index (κ3) is 3.78. The Hall–Kier alpha value is -3.43. The lowest BCUT2D eigenvalue weighted by Gasteiger charge is -2.29. The predicted octanol–water partition coefficient (Wildman–Crippen LogP) is 1.99. The van der Waals surface area contributed by atoms with E-state index in [9.17, 15) is 4.79 Å². The van der Waals surface area contributed by atoms with Gasteiger partial charge in [0, 0.05) is 11.6 Å². The Balaban J connectivity index is 1.69. The highest BCUT2D eigenvalue weighted by Crippen LogP contribution is 2.31. The van der Waals surface area contributed by atoms with E-state index in [0.717, 1.165) is 42.7 Å². The topological polar surface area (TPSA) is 111 Å². The molecule has 2 heterocycles. The standard InChI is InChI=1S/C19H23N7O3/c1-28-15-7-8-17(29-2)13(9-15)11-25(14-5-3-4-6-14)19(27)16-10-20-22-18(16)26-12-21-23-24-26/h7-10,12,14H,3-6,11H2,1-2H3,(H,20,22). The van der Waals surface area contributed by atoms with Crippen molar-refractivity contribution in [3.05, 3.63) is 41.9 Å². The fourth-order valence-corrected chi connectivity index (χ4v) is 3.80. The Bertz CT molecular complexity index is 964. The number of rotatable bonds is 7. The van der Waals surface area contributed by atoms with E-state index in [2.05, 4.69) is 25.7 Å². The molecule has 1 aromatic carbocycles. The summed E-state index contributed by atoms with van der Waals surface area (Å²) in [5.74, 6) is 1.76. The number of methoxy groups -OCH3 is 2. The molecule has 0 saturated heterocycles. The summed E-state index contributed by atoms with van der Waals surface area (Å²) in [6.45, 7) is 0.407. The van der Waals surface area contributed by atoms with Crippen LogP contribution in [0, 0.1) is 0 Å². The summed E-state index contributed by atoms with van der Waals surface area (Å²) in [5, 5.41) is 18.0. The number of hydrogen-bond donors (Lipinski definition) is 1. The van der Waals surface area contributed by atoms with E-state index in [1.165, 1.54) is 17.2 Å². The predicted molar refractivity (Wildman–Crippen MR) is 103 cm³/mol. The maximum atomic E-state index is 13.6. The zero-order valence-electron chi connectivity index (χ0n) is 16.4. The van der Waals surface area contributed by atoms with Gasteiger partial charge in [0.2, 0.25) is 0 Å². The Labute approximate surface area is 167 Å². The molecule has 3 aromatic rings. The highest BCUT2D eigenvalue weighted by molar-refractivity contribution is 5.97. The number of amides is 1. The van der Waals surface area contributed by atoms with Crippen molar-refractivity contribution in [1.82, 2.24) is 35.3 Å². The molecule has 4 rings (SSSR count). The first-order chi connectivity index (χ1) is 14.2. The molecule has 0 aliphatic heterocycles. The highest BCUT2D eigenvalue weighted by Gasteiger charge is 2.31. The van der Waals surface area contributed by atoms with E-state index in [1.807, 2.05) is 23.1 Å². The number of carbonyl (C=O) groups is 1. The average molecular weight is 397 g/mol. The summed E-state index contributed by atoms with van der Waals surface area (Å²) >= 11 is 0. The summed E-state index contributed by atoms with van der Waals surface area (Å²) < 4.78 is 12.3. The van der Waals surface area contributed by atoms with Gasteiger partial charge in [-0.2, -0.15) is 9.78 Å². The van der Waals surface area contributed by atoms with Gasteiger partial charge in [0.05, 0.1) is 27.0 Å². The SMILES string of the molecule is COc1ccc(OC)c(CN(C(=O)c2cn[nH]c2-n2cnnn2)C2CCCC2)c1. The minimum absolute atomic E-state index is 0.124. The van der Waals surface area contributed by atoms with Crippen molar-refractivity contribution < 1.29 is 14.3 Å². The molecule has 2 aromatic heterocycles. The number of aromatic nitrogens is 6. The van der Waals surface area contributed by atoms with Crippen molar-refractivity contribution >= 4 is 5.91 Å². The number of nitrogens with zero attached hydrogens (tertiary/aromatic N) is 6. The van der Waals surface area contributed by atoms with Gasteiger partial charge < -0.3 is 14.4 Å². The van der Waals surface area contributed by atoms with Crippen LogP contribution in [0.2, 0.25) is 0 Å². The first kappa shape index (κ1) is 18.9. The second kappa shape index (κ2) is 8.29. The van der Waals surface area contributed by atoms with Gasteiger partial charge in [0.1, 0.15) is 23.4 Å². The summed E-state index contributed by atoms with van der Waals surface area (Å²) in [4.78, 5) is 15.5. The molecule has 10 heteroatoms. The maximum absolute atomic E-state index is 13.6. The lowest BCUT2D eigenvalue weighted by Crippen LogP contribution is -2.38. The van der Waals surface area contributed by atoms with Crippen LogP contribution in [0.5, 0.6) is 11.5 Å². The van der Waals surface area contributed by atoms with Crippen LogP contribution in [-0.4, -0.2) is 61.5 Å². The van der Waals surface area contributed by atoms with Crippen molar-refractivity contribution in [2.75, 3.05) is 14.2 Å². The largest absolute Gasteiger partial charge is 0.497 e. The molecule has 1 N–H and O–H groups in total. The van der Waals surface area contributed by atoms with E-state index in [0.29, 0.717) is 17.9 Å². The quantitative estimate of drug-likeness (QED) is 0.649. The minimum atomic E-state index is -0.124. The minimum Gasteiger partial charge on any atom is -0.497 e. The Kier molecular flexibility index (Phi) is 5.41. The van der Waals surface area contributed by atoms with Crippen LogP contribution in [-0.2, 0) is 6.54 Å². The number of ether oxygens (including phenoxy) is 2. The number of H-pyrrole nitrogens is 1. The smallest absolute Gasteiger partial charge is 0.259 e. The van der Waals surface area contributed by atoms with Gasteiger partial charge in [-0.05, 0) is 41.5 Å². The molecule has 0 spiro atoms. The van der Waals surface area contributed by atoms with Crippen LogP contribution in [0.25, 0.3) is 5.82 Å². The second-order valence-corrected chi connectivity index (χ2v) is 6.94. The molecule has 1 fully saturated rings. The van der Waals surface area contributed by atoms with Gasteiger partial charge in [-0.1, -0.05) is 12.8 Å². The first-order valence-corrected chi connectivity index (χ1v) is 9.50. The third-order valence-electron chi connectivity index (χ3n) is 5.28. The fraction of sp³-hybridized carbons (Fsp3) is 0.421. The molecular formula is C19H23N7O3. The molecule has 0 atom stereocenters. The van der Waals surface area contributed by atoms with Crippen molar-refractivity contribution in [1.29, 1.82) is 0 Å². The lowest BCUT2D eigenvalue weighted by molar-refractivity contribution is 0.0662. The van der Waals surface area contributed by atoms with Gasteiger partial charge in [0.15, 0.2) is 5.82 Å². The van der Waals surface area contributed by atoms with E-state index in [4.69, 9.17) is 9.47 Å². The number of aromatic amines is 1. The third-order valence-corrected chi connectivity index (χ3v) is 5.28. The molecule has 1 amide bonds. The van der Waals surface area contributed by atoms with Crippen LogP contribution < -0.4 is 9.47 Å². The number of hydrogen-bond acceptors (Lipinski definition) is 7. The fourth-order valence-electron chi connectivity index (χ4n) is 3.80. The Morgan fingerprint density at radius 3 is 2.79 bits per heavy atom. The monoisotopic (exact) mass is 397 g/mol. The summed E-state index contributed by atoms with van der Waals surface area (Å²) in [5.41, 5.74) is 1.31. The number of carbonyl (C=O) groups excluding carboxylic acids is 1. The van der Waals surface area contributed by atoms with Crippen LogP contribution in [0.4, 0.5) is 0 Å². The Morgan fingerprint density at radius 2 is 2.10 bits per heavy atom. The molecular weight excluding hydrogens is 374 g/mol. The number of tetrazole rings is 1. The molecule has 0 unspecified atom stereocenters. The van der Waals surface area contributed by atoms with Crippen molar-refractivity contribution in [3.63, 3.8) is 0 Å². The molecule has 152 valence electrons. The summed E-state index contributed by atoms with van der Waals surface area (Å²) in [6, 6.07) is 5.76. The lowest BCUT2D eigenvalue weighted by atomic mass is 10.1. The van der Waals surface area contributed by atoms with Crippen molar-refractivity contribution in [2.24, 2.45) is 0 Å². The van der Waals surface area contributed by atoms with Gasteiger partial charge in [-0.15, -0.1) is 5.10 Å². The van der Waals surface area contributed by atoms with Crippen LogP contribution in [0.3, 0.4) is 0 Å². The normalized spacial score (nSPS) is 14.1. The van der Waals surface area contributed by atoms with Crippen LogP contribution >= 0.6 is 0 Å². The first-order valence-electron chi connectivity index (χ1n) is 9.50. The average Bonchev–Trinajstić information content (AvgIpc) is 3.52. The van der Waals surface area contributed by atoms with Crippen LogP contribution in [0.1, 0.15) is 41.6 Å². The molecule has 0 bridgehead atoms. The molecule has 0 radical (unpaired) electrons. The maximum Gasteiger partial charge on any atom is 0.259 e. The summed E-state index contributed by atoms with van der Waals surface area (Å²) in [7, 11) is 3.24. The zero-order chi connectivity index (χ0) is 20.2. The van der Waals surface area contributed by atoms with Gasteiger partial charge in [0.25, 0.3) is 5.91 Å². The molecule has 10 nitrogen and oxygen atoms in total.